The van der Waals surface area contributed by atoms with E-state index in [-0.39, 0.29) is 11.6 Å². The highest BCUT2D eigenvalue weighted by molar-refractivity contribution is 7.89. The van der Waals surface area contributed by atoms with Gasteiger partial charge < -0.3 is 4.90 Å². The van der Waals surface area contributed by atoms with Crippen molar-refractivity contribution in [3.63, 3.8) is 0 Å². The van der Waals surface area contributed by atoms with Crippen molar-refractivity contribution < 1.29 is 8.42 Å². The number of sulfonamides is 1. The quantitative estimate of drug-likeness (QED) is 0.310. The van der Waals surface area contributed by atoms with E-state index >= 15 is 0 Å². The fraction of sp³-hybridized carbons (Fsp3) is 0.250. The van der Waals surface area contributed by atoms with Crippen molar-refractivity contribution in [2.45, 2.75) is 49.7 Å². The number of hydrogen-bond acceptors (Lipinski definition) is 3. The van der Waals surface area contributed by atoms with E-state index in [2.05, 4.69) is 91.5 Å². The van der Waals surface area contributed by atoms with Crippen LogP contribution in [0.5, 0.6) is 0 Å². The molecule has 0 N–H and O–H groups in total. The van der Waals surface area contributed by atoms with Gasteiger partial charge in [-0.15, -0.1) is 0 Å². The van der Waals surface area contributed by atoms with Crippen LogP contribution in [0.25, 0.3) is 0 Å². The maximum absolute atomic E-state index is 14.2. The molecule has 5 heteroatoms. The molecule has 37 heavy (non-hydrogen) atoms. The number of anilines is 1. The summed E-state index contributed by atoms with van der Waals surface area (Å²) in [7, 11) is -3.69. The second kappa shape index (κ2) is 9.16. The molecular formula is C32H32N2O2S. The average Bonchev–Trinajstić information content (AvgIpc) is 3.41. The van der Waals surface area contributed by atoms with Crippen LogP contribution in [0.3, 0.4) is 0 Å². The zero-order valence-corrected chi connectivity index (χ0v) is 22.2. The van der Waals surface area contributed by atoms with Crippen LogP contribution >= 0.6 is 0 Å². The van der Waals surface area contributed by atoms with Gasteiger partial charge in [0.15, 0.2) is 0 Å². The lowest BCUT2D eigenvalue weighted by atomic mass is 9.74. The predicted octanol–water partition coefficient (Wildman–Crippen LogP) is 6.22. The van der Waals surface area contributed by atoms with Gasteiger partial charge in [0.25, 0.3) is 0 Å². The first-order valence-electron chi connectivity index (χ1n) is 12.9. The van der Waals surface area contributed by atoms with Crippen LogP contribution in [0.2, 0.25) is 0 Å². The lowest BCUT2D eigenvalue weighted by Gasteiger charge is -2.38. The molecule has 4 nitrogen and oxygen atoms in total. The predicted molar refractivity (Wildman–Crippen MR) is 149 cm³/mol. The first-order chi connectivity index (χ1) is 17.9. The molecule has 2 heterocycles. The van der Waals surface area contributed by atoms with Gasteiger partial charge in [-0.2, -0.15) is 4.31 Å². The summed E-state index contributed by atoms with van der Waals surface area (Å²) in [5.41, 5.74) is 7.00. The lowest BCUT2D eigenvalue weighted by Crippen LogP contribution is -2.52. The number of fused-ring (bicyclic) bond motifs is 3. The Morgan fingerprint density at radius 3 is 2.05 bits per heavy atom. The summed E-state index contributed by atoms with van der Waals surface area (Å²) in [6, 6.07) is 34.4. The lowest BCUT2D eigenvalue weighted by molar-refractivity contribution is 0.300. The van der Waals surface area contributed by atoms with Crippen molar-refractivity contribution >= 4 is 15.7 Å². The van der Waals surface area contributed by atoms with Crippen molar-refractivity contribution in [1.29, 1.82) is 0 Å². The molecule has 0 spiro atoms. The normalized spacial score (nSPS) is 21.1. The molecule has 0 aliphatic carbocycles. The molecule has 0 aromatic heterocycles. The van der Waals surface area contributed by atoms with Gasteiger partial charge in [0.2, 0.25) is 10.0 Å². The number of rotatable bonds is 6. The van der Waals surface area contributed by atoms with E-state index in [1.807, 2.05) is 6.07 Å². The van der Waals surface area contributed by atoms with E-state index < -0.39 is 10.0 Å². The SMILES string of the molecule is Cc1ccccc1CN1c2ccccc2C2(Cc3ccccc3C)CCN(S(=O)(=O)c3ccccc3)C12. The molecule has 2 aliphatic rings. The Morgan fingerprint density at radius 1 is 0.757 bits per heavy atom. The van der Waals surface area contributed by atoms with Crippen LogP contribution in [-0.2, 0) is 28.4 Å². The maximum atomic E-state index is 14.2. The van der Waals surface area contributed by atoms with Gasteiger partial charge in [-0.1, -0.05) is 84.9 Å². The fourth-order valence-electron chi connectivity index (χ4n) is 6.39. The summed E-state index contributed by atoms with van der Waals surface area (Å²) in [6.45, 7) is 5.43. The minimum atomic E-state index is -3.69. The highest BCUT2D eigenvalue weighted by Crippen LogP contribution is 2.55. The first kappa shape index (κ1) is 24.0. The molecule has 6 rings (SSSR count). The summed E-state index contributed by atoms with van der Waals surface area (Å²) in [5, 5.41) is 0. The summed E-state index contributed by atoms with van der Waals surface area (Å²) >= 11 is 0. The minimum Gasteiger partial charge on any atom is -0.349 e. The van der Waals surface area contributed by atoms with Crippen molar-refractivity contribution in [1.82, 2.24) is 4.31 Å². The van der Waals surface area contributed by atoms with E-state index in [9.17, 15) is 8.42 Å². The molecule has 188 valence electrons. The van der Waals surface area contributed by atoms with E-state index in [1.54, 1.807) is 28.6 Å². The fourth-order valence-corrected chi connectivity index (χ4v) is 8.07. The summed E-state index contributed by atoms with van der Waals surface area (Å²) < 4.78 is 30.1. The number of nitrogens with zero attached hydrogens (tertiary/aromatic N) is 2. The van der Waals surface area contributed by atoms with Crippen LogP contribution in [0, 0.1) is 13.8 Å². The average molecular weight is 509 g/mol. The molecule has 0 saturated carbocycles. The Morgan fingerprint density at radius 2 is 1.35 bits per heavy atom. The molecule has 2 unspecified atom stereocenters. The van der Waals surface area contributed by atoms with E-state index in [0.717, 1.165) is 18.5 Å². The Balaban J connectivity index is 1.54. The van der Waals surface area contributed by atoms with Gasteiger partial charge in [0, 0.05) is 24.2 Å². The smallest absolute Gasteiger partial charge is 0.244 e. The second-order valence-electron chi connectivity index (χ2n) is 10.4. The molecule has 0 amide bonds. The van der Waals surface area contributed by atoms with Gasteiger partial charge in [-0.3, -0.25) is 0 Å². The highest BCUT2D eigenvalue weighted by Gasteiger charge is 2.60. The molecule has 4 aromatic carbocycles. The number of para-hydroxylation sites is 1. The van der Waals surface area contributed by atoms with Crippen molar-refractivity contribution in [2.24, 2.45) is 0 Å². The molecule has 0 bridgehead atoms. The van der Waals surface area contributed by atoms with Crippen molar-refractivity contribution in [2.75, 3.05) is 11.4 Å². The monoisotopic (exact) mass is 508 g/mol. The largest absolute Gasteiger partial charge is 0.349 e. The number of aryl methyl sites for hydroxylation is 2. The third kappa shape index (κ3) is 3.89. The van der Waals surface area contributed by atoms with E-state index in [1.165, 1.54) is 27.8 Å². The Bertz CT molecular complexity index is 1550. The first-order valence-corrected chi connectivity index (χ1v) is 14.4. The molecule has 4 aromatic rings. The van der Waals surface area contributed by atoms with Crippen LogP contribution < -0.4 is 4.90 Å². The highest BCUT2D eigenvalue weighted by atomic mass is 32.2. The molecule has 1 fully saturated rings. The molecule has 1 saturated heterocycles. The summed E-state index contributed by atoms with van der Waals surface area (Å²) in [4.78, 5) is 2.71. The number of benzene rings is 4. The topological polar surface area (TPSA) is 40.6 Å². The van der Waals surface area contributed by atoms with Crippen molar-refractivity contribution in [3.05, 3.63) is 131 Å². The van der Waals surface area contributed by atoms with E-state index in [0.29, 0.717) is 18.0 Å². The van der Waals surface area contributed by atoms with Gasteiger partial charge in [-0.25, -0.2) is 8.42 Å². The number of hydrogen-bond donors (Lipinski definition) is 0. The van der Waals surface area contributed by atoms with Crippen molar-refractivity contribution in [3.8, 4) is 0 Å². The van der Waals surface area contributed by atoms with Gasteiger partial charge >= 0.3 is 0 Å². The van der Waals surface area contributed by atoms with Crippen LogP contribution in [0.4, 0.5) is 5.69 Å². The Kier molecular flexibility index (Phi) is 5.93. The second-order valence-corrected chi connectivity index (χ2v) is 12.3. The van der Waals surface area contributed by atoms with E-state index in [4.69, 9.17) is 0 Å². The Labute approximate surface area is 220 Å². The van der Waals surface area contributed by atoms with Gasteiger partial charge in [0.1, 0.15) is 6.17 Å². The minimum absolute atomic E-state index is 0.311. The summed E-state index contributed by atoms with van der Waals surface area (Å²) in [6.07, 6.45) is 1.26. The molecular weight excluding hydrogens is 476 g/mol. The molecule has 2 atom stereocenters. The Hall–Kier alpha value is -3.41. The molecule has 2 aliphatic heterocycles. The van der Waals surface area contributed by atoms with Gasteiger partial charge in [-0.05, 0) is 72.7 Å². The van der Waals surface area contributed by atoms with Gasteiger partial charge in [0.05, 0.1) is 4.90 Å². The molecule has 0 radical (unpaired) electrons. The van der Waals surface area contributed by atoms with Crippen LogP contribution in [0.15, 0.2) is 108 Å². The zero-order chi connectivity index (χ0) is 25.6. The zero-order valence-electron chi connectivity index (χ0n) is 21.3. The van der Waals surface area contributed by atoms with Crippen LogP contribution in [-0.4, -0.2) is 25.4 Å². The standard InChI is InChI=1S/C32H32N2O2S/c1-24-12-6-8-14-26(24)22-32-20-21-34(37(35,36)28-16-4-3-5-17-28)31(32)33(30-19-11-10-18-29(30)32)23-27-15-9-7-13-25(27)2/h3-19,31H,20-23H2,1-2H3. The van der Waals surface area contributed by atoms with Crippen LogP contribution in [0.1, 0.15) is 34.2 Å². The summed E-state index contributed by atoms with van der Waals surface area (Å²) in [5.74, 6) is 0. The maximum Gasteiger partial charge on any atom is 0.244 e. The third-order valence-corrected chi connectivity index (χ3v) is 10.2. The third-order valence-electron chi connectivity index (χ3n) is 8.31.